The molecule has 1 atom stereocenters. The van der Waals surface area contributed by atoms with Crippen molar-refractivity contribution in [3.8, 4) is 0 Å². The van der Waals surface area contributed by atoms with Crippen molar-refractivity contribution in [1.82, 2.24) is 14.3 Å². The van der Waals surface area contributed by atoms with E-state index in [4.69, 9.17) is 0 Å². The number of amides is 1. The van der Waals surface area contributed by atoms with Crippen LogP contribution >= 0.6 is 0 Å². The quantitative estimate of drug-likeness (QED) is 0.317. The molecule has 3 aliphatic carbocycles. The summed E-state index contributed by atoms with van der Waals surface area (Å²) in [5.41, 5.74) is 3.33. The second-order valence-electron chi connectivity index (χ2n) is 11.6. The second-order valence-corrected chi connectivity index (χ2v) is 13.4. The molecule has 1 heterocycles. The number of hydrogen-bond acceptors (Lipinski definition) is 4. The number of carbonyl (C=O) groups excluding carboxylic acids is 1. The molecule has 2 saturated carbocycles. The number of imidazole rings is 1. The lowest BCUT2D eigenvalue weighted by atomic mass is 9.87. The number of hydrogen-bond donors (Lipinski definition) is 1. The van der Waals surface area contributed by atoms with Gasteiger partial charge in [0.15, 0.2) is 0 Å². The van der Waals surface area contributed by atoms with E-state index in [0.29, 0.717) is 13.0 Å². The number of anilines is 1. The molecule has 2 fully saturated rings. The molecule has 7 rings (SSSR count). The lowest BCUT2D eigenvalue weighted by molar-refractivity contribution is -0.121. The van der Waals surface area contributed by atoms with Crippen molar-refractivity contribution in [1.29, 1.82) is 0 Å². The molecule has 0 spiro atoms. The second kappa shape index (κ2) is 9.36. The number of nitrogens with one attached hydrogen (secondary N) is 1. The van der Waals surface area contributed by atoms with Gasteiger partial charge in [-0.05, 0) is 79.1 Å². The van der Waals surface area contributed by atoms with Crippen LogP contribution in [0.4, 0.5) is 10.1 Å². The van der Waals surface area contributed by atoms with Gasteiger partial charge in [-0.1, -0.05) is 42.5 Å². The molecule has 1 amide bonds. The van der Waals surface area contributed by atoms with Gasteiger partial charge >= 0.3 is 0 Å². The standard InChI is InChI=1S/C32H31FN4O3S/c1-36-16-15-34-29(36)19-37(30(38)32-20-31(32,21-32)23-8-3-2-4-9-23)25-14-13-22-7-5-12-28(27(22)18-25)35-41(39,40)26-11-6-10-24(33)17-26/h2-4,6,8-11,13-18,28,35H,5,7,12,19-21H2,1H3/t28-,31?,32?/m1/s1. The molecule has 1 aromatic heterocycles. The van der Waals surface area contributed by atoms with E-state index < -0.39 is 27.3 Å². The summed E-state index contributed by atoms with van der Waals surface area (Å²) < 4.78 is 44.9. The van der Waals surface area contributed by atoms with E-state index in [1.54, 1.807) is 6.20 Å². The number of nitrogens with zero attached hydrogens (tertiary/aromatic N) is 3. The summed E-state index contributed by atoms with van der Waals surface area (Å²) in [4.78, 5) is 20.5. The van der Waals surface area contributed by atoms with E-state index in [9.17, 15) is 17.6 Å². The van der Waals surface area contributed by atoms with Gasteiger partial charge in [-0.2, -0.15) is 0 Å². The predicted octanol–water partition coefficient (Wildman–Crippen LogP) is 5.18. The zero-order valence-electron chi connectivity index (χ0n) is 22.8. The summed E-state index contributed by atoms with van der Waals surface area (Å²) in [6.07, 6.45) is 7.51. The molecule has 0 unspecified atom stereocenters. The minimum atomic E-state index is -3.95. The van der Waals surface area contributed by atoms with Crippen molar-refractivity contribution in [2.45, 2.75) is 55.0 Å². The third kappa shape index (κ3) is 4.30. The van der Waals surface area contributed by atoms with Crippen molar-refractivity contribution < 1.29 is 17.6 Å². The van der Waals surface area contributed by atoms with Crippen LogP contribution in [0, 0.1) is 11.2 Å². The Hall–Kier alpha value is -3.82. The van der Waals surface area contributed by atoms with Gasteiger partial charge in [0.2, 0.25) is 15.9 Å². The fourth-order valence-electron chi connectivity index (χ4n) is 6.68. The average molecular weight is 571 g/mol. The molecule has 0 aliphatic heterocycles. The maximum absolute atomic E-state index is 14.3. The van der Waals surface area contributed by atoms with Gasteiger partial charge < -0.3 is 9.47 Å². The van der Waals surface area contributed by atoms with Crippen LogP contribution < -0.4 is 9.62 Å². The van der Waals surface area contributed by atoms with Crippen LogP contribution in [0.1, 0.15) is 54.2 Å². The third-order valence-electron chi connectivity index (χ3n) is 9.23. The first-order valence-corrected chi connectivity index (χ1v) is 15.5. The Morgan fingerprint density at radius 3 is 2.63 bits per heavy atom. The van der Waals surface area contributed by atoms with Gasteiger partial charge in [-0.3, -0.25) is 4.79 Å². The number of aromatic nitrogens is 2. The Morgan fingerprint density at radius 1 is 1.10 bits per heavy atom. The van der Waals surface area contributed by atoms with Crippen molar-refractivity contribution in [3.63, 3.8) is 0 Å². The molecule has 3 aliphatic rings. The molecule has 0 radical (unpaired) electrons. The molecule has 3 aromatic carbocycles. The minimum Gasteiger partial charge on any atom is -0.337 e. The number of rotatable bonds is 8. The molecule has 4 aromatic rings. The van der Waals surface area contributed by atoms with Crippen molar-refractivity contribution >= 4 is 21.6 Å². The van der Waals surface area contributed by atoms with Gasteiger partial charge in [0.05, 0.1) is 16.9 Å². The third-order valence-corrected chi connectivity index (χ3v) is 10.7. The summed E-state index contributed by atoms with van der Waals surface area (Å²) >= 11 is 0. The van der Waals surface area contributed by atoms with Crippen LogP contribution in [0.5, 0.6) is 0 Å². The van der Waals surface area contributed by atoms with Gasteiger partial charge in [0.25, 0.3) is 0 Å². The first-order chi connectivity index (χ1) is 19.7. The minimum absolute atomic E-state index is 0.0806. The van der Waals surface area contributed by atoms with Crippen LogP contribution in [-0.4, -0.2) is 23.9 Å². The fraction of sp³-hybridized carbons (Fsp3) is 0.312. The van der Waals surface area contributed by atoms with E-state index in [-0.39, 0.29) is 16.2 Å². The summed E-state index contributed by atoms with van der Waals surface area (Å²) in [6.45, 7) is 0.313. The highest BCUT2D eigenvalue weighted by atomic mass is 32.2. The van der Waals surface area contributed by atoms with Crippen molar-refractivity contribution in [2.24, 2.45) is 12.5 Å². The Morgan fingerprint density at radius 2 is 1.90 bits per heavy atom. The number of halogens is 1. The summed E-state index contributed by atoms with van der Waals surface area (Å²) in [5.74, 6) is 0.244. The molecule has 1 N–H and O–H groups in total. The first kappa shape index (κ1) is 26.1. The number of benzene rings is 3. The largest absolute Gasteiger partial charge is 0.337 e. The first-order valence-electron chi connectivity index (χ1n) is 14.0. The number of carbonyl (C=O) groups is 1. The maximum atomic E-state index is 14.3. The van der Waals surface area contributed by atoms with Crippen LogP contribution in [0.3, 0.4) is 0 Å². The normalized spacial score (nSPS) is 24.3. The molecular weight excluding hydrogens is 539 g/mol. The van der Waals surface area contributed by atoms with Gasteiger partial charge in [0, 0.05) is 36.6 Å². The molecule has 0 saturated heterocycles. The lowest BCUT2D eigenvalue weighted by Gasteiger charge is -2.30. The summed E-state index contributed by atoms with van der Waals surface area (Å²) in [6, 6.07) is 20.7. The monoisotopic (exact) mass is 570 g/mol. The van der Waals surface area contributed by atoms with Crippen LogP contribution in [0.25, 0.3) is 0 Å². The molecule has 0 bridgehead atoms. The van der Waals surface area contributed by atoms with E-state index in [1.807, 2.05) is 59.1 Å². The summed E-state index contributed by atoms with van der Waals surface area (Å²) in [5, 5.41) is 0. The smallest absolute Gasteiger partial charge is 0.241 e. The molecule has 9 heteroatoms. The predicted molar refractivity (Wildman–Crippen MR) is 153 cm³/mol. The highest BCUT2D eigenvalue weighted by Gasteiger charge is 2.87. The molecule has 7 nitrogen and oxygen atoms in total. The topological polar surface area (TPSA) is 84.3 Å². The lowest BCUT2D eigenvalue weighted by Crippen LogP contribution is -2.36. The fourth-order valence-corrected chi connectivity index (χ4v) is 7.96. The SMILES string of the molecule is Cn1ccnc1CN(C(=O)C12CC1(c1ccccc1)C2)c1ccc2c(c1)[C@H](NS(=O)(=O)c1cccc(F)c1)CCC2. The molecular formula is C32H31FN4O3S. The zero-order valence-corrected chi connectivity index (χ0v) is 23.6. The highest BCUT2D eigenvalue weighted by Crippen LogP contribution is 2.86. The van der Waals surface area contributed by atoms with Crippen molar-refractivity contribution in [3.05, 3.63) is 114 Å². The van der Waals surface area contributed by atoms with Crippen LogP contribution in [-0.2, 0) is 40.2 Å². The van der Waals surface area contributed by atoms with Gasteiger partial charge in [-0.25, -0.2) is 22.5 Å². The van der Waals surface area contributed by atoms with E-state index >= 15 is 0 Å². The average Bonchev–Trinajstić information content (AvgIpc) is 3.77. The van der Waals surface area contributed by atoms with Gasteiger partial charge in [-0.15, -0.1) is 0 Å². The highest BCUT2D eigenvalue weighted by molar-refractivity contribution is 7.89. The zero-order chi connectivity index (χ0) is 28.4. The Bertz CT molecular complexity index is 1760. The van der Waals surface area contributed by atoms with Crippen LogP contribution in [0.15, 0.2) is 90.1 Å². The summed E-state index contributed by atoms with van der Waals surface area (Å²) in [7, 11) is -2.04. The molecule has 41 heavy (non-hydrogen) atoms. The van der Waals surface area contributed by atoms with E-state index in [0.717, 1.165) is 54.4 Å². The van der Waals surface area contributed by atoms with E-state index in [1.165, 1.54) is 23.8 Å². The number of sulfonamides is 1. The Labute approximate surface area is 239 Å². The number of fused-ring (bicyclic) bond motifs is 2. The number of aryl methyl sites for hydroxylation is 2. The van der Waals surface area contributed by atoms with Gasteiger partial charge in [0.1, 0.15) is 11.6 Å². The molecule has 210 valence electrons. The van der Waals surface area contributed by atoms with E-state index in [2.05, 4.69) is 21.8 Å². The van der Waals surface area contributed by atoms with Crippen molar-refractivity contribution in [2.75, 3.05) is 4.90 Å². The van der Waals surface area contributed by atoms with Crippen LogP contribution in [0.2, 0.25) is 0 Å². The maximum Gasteiger partial charge on any atom is 0.241 e. The Balaban J connectivity index is 1.23. The Kier molecular flexibility index (Phi) is 5.96.